The predicted octanol–water partition coefficient (Wildman–Crippen LogP) is 14.0. The van der Waals surface area contributed by atoms with Crippen LogP contribution in [0, 0.1) is 0 Å². The summed E-state index contributed by atoms with van der Waals surface area (Å²) in [7, 11) is 0. The van der Waals surface area contributed by atoms with Gasteiger partial charge in [-0.1, -0.05) is 178 Å². The topological polar surface area (TPSA) is 35.6 Å². The molecule has 0 aliphatic heterocycles. The predicted molar refractivity (Wildman–Crippen MR) is 242 cm³/mol. The second kappa shape index (κ2) is 14.3. The molecule has 0 atom stereocenters. The van der Waals surface area contributed by atoms with Crippen LogP contribution in [0.25, 0.3) is 89.3 Å². The maximum Gasteiger partial charge on any atom is 0.182 e. The summed E-state index contributed by atoms with van der Waals surface area (Å²) in [6.07, 6.45) is 0. The molecular formula is C54H42N4. The highest BCUT2D eigenvalue weighted by Gasteiger charge is 2.19. The lowest BCUT2D eigenvalue weighted by Crippen LogP contribution is -2.10. The minimum atomic E-state index is 0.0757. The molecule has 8 aromatic carbocycles. The molecule has 0 spiro atoms. The molecule has 2 aromatic heterocycles. The van der Waals surface area contributed by atoms with Gasteiger partial charge in [-0.05, 0) is 86.8 Å². The Hall–Kier alpha value is -7.30. The van der Waals surface area contributed by atoms with Crippen molar-refractivity contribution in [3.05, 3.63) is 206 Å². The molecule has 0 saturated carbocycles. The van der Waals surface area contributed by atoms with Gasteiger partial charge in [0.05, 0.1) is 16.7 Å². The van der Waals surface area contributed by atoms with E-state index in [9.17, 15) is 0 Å². The van der Waals surface area contributed by atoms with Crippen LogP contribution in [-0.4, -0.2) is 19.3 Å². The highest BCUT2D eigenvalue weighted by atomic mass is 15.4. The van der Waals surface area contributed by atoms with Crippen LogP contribution in [0.2, 0.25) is 0 Å². The van der Waals surface area contributed by atoms with E-state index in [1.54, 1.807) is 0 Å². The first-order valence-electron chi connectivity index (χ1n) is 19.9. The van der Waals surface area contributed by atoms with Crippen molar-refractivity contribution in [1.82, 2.24) is 19.3 Å². The molecule has 278 valence electrons. The second-order valence-corrected chi connectivity index (χ2v) is 15.9. The normalized spacial score (nSPS) is 11.7. The zero-order chi connectivity index (χ0) is 39.2. The fraction of sp³-hybridized carbons (Fsp3) is 0.0741. The van der Waals surface area contributed by atoms with E-state index in [1.807, 2.05) is 41.1 Å². The van der Waals surface area contributed by atoms with E-state index in [4.69, 9.17) is 10.1 Å². The molecule has 4 nitrogen and oxygen atoms in total. The number of para-hydroxylation sites is 1. The van der Waals surface area contributed by atoms with Crippen molar-refractivity contribution in [1.29, 1.82) is 0 Å². The Kier molecular flexibility index (Phi) is 8.68. The van der Waals surface area contributed by atoms with Gasteiger partial charge in [-0.25, -0.2) is 9.67 Å². The number of hydrogen-bond acceptors (Lipinski definition) is 2. The number of nitrogens with zero attached hydrogens (tertiary/aromatic N) is 4. The summed E-state index contributed by atoms with van der Waals surface area (Å²) in [4.78, 5) is 5.01. The first-order chi connectivity index (χ1) is 28.4. The number of rotatable bonds is 7. The fourth-order valence-electron chi connectivity index (χ4n) is 8.20. The summed E-state index contributed by atoms with van der Waals surface area (Å²) in [6, 6.07) is 71.3. The standard InChI is InChI=1S/C54H42N4/c1-54(2,3)41-30-35-51-49(36-41)48-24-14-15-25-50(48)57(51)42-31-26-37(27-32-42)44-20-10-12-22-46(44)47-23-13-11-21-45(47)38-28-33-43(34-29-38)58-53(40-18-8-5-9-19-40)55-52(56-58)39-16-6-4-7-17-39/h4-36H,1-3H3. The highest BCUT2D eigenvalue weighted by molar-refractivity contribution is 6.09. The van der Waals surface area contributed by atoms with Gasteiger partial charge in [0.15, 0.2) is 11.6 Å². The largest absolute Gasteiger partial charge is 0.309 e. The Balaban J connectivity index is 1.01. The van der Waals surface area contributed by atoms with Crippen LogP contribution < -0.4 is 0 Å². The molecule has 4 heteroatoms. The lowest BCUT2D eigenvalue weighted by atomic mass is 9.86. The summed E-state index contributed by atoms with van der Waals surface area (Å²) in [5.41, 5.74) is 15.0. The third kappa shape index (κ3) is 6.29. The Labute approximate surface area is 339 Å². The van der Waals surface area contributed by atoms with Gasteiger partial charge in [-0.2, -0.15) is 0 Å². The van der Waals surface area contributed by atoms with Crippen LogP contribution in [0.3, 0.4) is 0 Å². The first kappa shape index (κ1) is 35.1. The van der Waals surface area contributed by atoms with E-state index < -0.39 is 0 Å². The van der Waals surface area contributed by atoms with E-state index in [-0.39, 0.29) is 5.41 Å². The van der Waals surface area contributed by atoms with Gasteiger partial charge in [-0.15, -0.1) is 5.10 Å². The number of aromatic nitrogens is 4. The summed E-state index contributed by atoms with van der Waals surface area (Å²) in [5.74, 6) is 1.50. The minimum Gasteiger partial charge on any atom is -0.309 e. The van der Waals surface area contributed by atoms with Crippen molar-refractivity contribution in [2.45, 2.75) is 26.2 Å². The maximum atomic E-state index is 5.01. The van der Waals surface area contributed by atoms with E-state index in [0.717, 1.165) is 33.9 Å². The molecule has 0 aliphatic rings. The van der Waals surface area contributed by atoms with E-state index in [2.05, 4.69) is 189 Å². The average Bonchev–Trinajstić information content (AvgIpc) is 3.87. The van der Waals surface area contributed by atoms with Crippen LogP contribution in [0.1, 0.15) is 26.3 Å². The molecule has 58 heavy (non-hydrogen) atoms. The van der Waals surface area contributed by atoms with Gasteiger partial charge in [0.2, 0.25) is 0 Å². The lowest BCUT2D eigenvalue weighted by molar-refractivity contribution is 0.591. The van der Waals surface area contributed by atoms with Crippen molar-refractivity contribution >= 4 is 21.8 Å². The number of hydrogen-bond donors (Lipinski definition) is 0. The van der Waals surface area contributed by atoms with Crippen molar-refractivity contribution in [2.75, 3.05) is 0 Å². The average molecular weight is 747 g/mol. The van der Waals surface area contributed by atoms with Crippen LogP contribution >= 0.6 is 0 Å². The smallest absolute Gasteiger partial charge is 0.182 e. The molecule has 0 fully saturated rings. The van der Waals surface area contributed by atoms with Crippen molar-refractivity contribution < 1.29 is 0 Å². The number of fused-ring (bicyclic) bond motifs is 3. The Morgan fingerprint density at radius 1 is 0.397 bits per heavy atom. The van der Waals surface area contributed by atoms with E-state index >= 15 is 0 Å². The van der Waals surface area contributed by atoms with Crippen LogP contribution in [-0.2, 0) is 5.41 Å². The quantitative estimate of drug-likeness (QED) is 0.163. The van der Waals surface area contributed by atoms with Gasteiger partial charge in [0, 0.05) is 27.6 Å². The van der Waals surface area contributed by atoms with Gasteiger partial charge >= 0.3 is 0 Å². The van der Waals surface area contributed by atoms with Gasteiger partial charge in [0.25, 0.3) is 0 Å². The van der Waals surface area contributed by atoms with Crippen LogP contribution in [0.15, 0.2) is 200 Å². The van der Waals surface area contributed by atoms with Gasteiger partial charge < -0.3 is 4.57 Å². The monoisotopic (exact) mass is 746 g/mol. The number of benzene rings is 8. The van der Waals surface area contributed by atoms with Crippen molar-refractivity contribution in [3.63, 3.8) is 0 Å². The lowest BCUT2D eigenvalue weighted by Gasteiger charge is -2.19. The third-order valence-corrected chi connectivity index (χ3v) is 11.2. The molecule has 0 amide bonds. The van der Waals surface area contributed by atoms with E-state index in [1.165, 1.54) is 55.2 Å². The Morgan fingerprint density at radius 3 is 1.50 bits per heavy atom. The zero-order valence-corrected chi connectivity index (χ0v) is 32.8. The highest BCUT2D eigenvalue weighted by Crippen LogP contribution is 2.40. The Bertz CT molecular complexity index is 3060. The molecule has 0 N–H and O–H groups in total. The molecule has 0 bridgehead atoms. The van der Waals surface area contributed by atoms with Crippen molar-refractivity contribution in [3.8, 4) is 67.5 Å². The molecule has 0 aliphatic carbocycles. The minimum absolute atomic E-state index is 0.0757. The van der Waals surface area contributed by atoms with Crippen LogP contribution in [0.5, 0.6) is 0 Å². The van der Waals surface area contributed by atoms with Gasteiger partial charge in [-0.3, -0.25) is 0 Å². The molecule has 2 heterocycles. The third-order valence-electron chi connectivity index (χ3n) is 11.2. The summed E-state index contributed by atoms with van der Waals surface area (Å²) < 4.78 is 4.35. The molecular weight excluding hydrogens is 705 g/mol. The molecule has 0 radical (unpaired) electrons. The molecule has 10 rings (SSSR count). The van der Waals surface area contributed by atoms with Crippen LogP contribution in [0.4, 0.5) is 0 Å². The fourth-order valence-corrected chi connectivity index (χ4v) is 8.20. The summed E-state index contributed by atoms with van der Waals surface area (Å²) >= 11 is 0. The summed E-state index contributed by atoms with van der Waals surface area (Å²) in [6.45, 7) is 6.84. The second-order valence-electron chi connectivity index (χ2n) is 15.9. The first-order valence-corrected chi connectivity index (χ1v) is 19.9. The van der Waals surface area contributed by atoms with Gasteiger partial charge in [0.1, 0.15) is 0 Å². The maximum absolute atomic E-state index is 5.01. The van der Waals surface area contributed by atoms with E-state index in [0.29, 0.717) is 5.82 Å². The summed E-state index contributed by atoms with van der Waals surface area (Å²) in [5, 5.41) is 7.57. The zero-order valence-electron chi connectivity index (χ0n) is 32.8. The Morgan fingerprint density at radius 2 is 0.897 bits per heavy atom. The molecule has 0 unspecified atom stereocenters. The molecule has 0 saturated heterocycles. The SMILES string of the molecule is CC(C)(C)c1ccc2c(c1)c1ccccc1n2-c1ccc(-c2ccccc2-c2ccccc2-c2ccc(-n3nc(-c4ccccc4)nc3-c3ccccc3)cc2)cc1. The molecule has 10 aromatic rings. The van der Waals surface area contributed by atoms with Crippen molar-refractivity contribution in [2.24, 2.45) is 0 Å².